The maximum atomic E-state index is 12.4. The van der Waals surface area contributed by atoms with E-state index >= 15 is 0 Å². The molecule has 1 unspecified atom stereocenters. The number of nitrogens with one attached hydrogen (secondary N) is 1. The average Bonchev–Trinajstić information content (AvgIpc) is 2.96. The van der Waals surface area contributed by atoms with E-state index < -0.39 is 10.0 Å². The molecule has 1 aromatic heterocycles. The normalized spacial score (nSPS) is 18.9. The molecule has 0 spiro atoms. The number of hydrogen-bond donors (Lipinski definition) is 2. The Labute approximate surface area is 113 Å². The number of aromatic nitrogens is 1. The largest absolute Gasteiger partial charge is 0.360 e. The minimum absolute atomic E-state index is 0.143. The van der Waals surface area contributed by atoms with Gasteiger partial charge in [-0.15, -0.1) is 0 Å². The van der Waals surface area contributed by atoms with E-state index in [1.165, 1.54) is 0 Å². The van der Waals surface area contributed by atoms with Crippen molar-refractivity contribution in [1.82, 2.24) is 9.88 Å². The predicted octanol–water partition coefficient (Wildman–Crippen LogP) is 1.09. The lowest BCUT2D eigenvalue weighted by Crippen LogP contribution is -2.44. The molecule has 0 amide bonds. The highest BCUT2D eigenvalue weighted by Gasteiger charge is 2.31. The van der Waals surface area contributed by atoms with E-state index in [0.717, 1.165) is 25.7 Å². The Balaban J connectivity index is 2.20. The van der Waals surface area contributed by atoms with E-state index in [-0.39, 0.29) is 10.9 Å². The zero-order chi connectivity index (χ0) is 14.0. The van der Waals surface area contributed by atoms with Gasteiger partial charge in [-0.25, -0.2) is 13.1 Å². The smallest absolute Gasteiger partial charge is 0.246 e. The fraction of sp³-hybridized carbons (Fsp3) is 0.750. The average molecular weight is 287 g/mol. The highest BCUT2D eigenvalue weighted by molar-refractivity contribution is 7.89. The summed E-state index contributed by atoms with van der Waals surface area (Å²) >= 11 is 0. The highest BCUT2D eigenvalue weighted by atomic mass is 32.2. The minimum Gasteiger partial charge on any atom is -0.360 e. The molecular formula is C12H21N3O3S. The van der Waals surface area contributed by atoms with Crippen molar-refractivity contribution in [2.45, 2.75) is 50.5 Å². The molecule has 7 heteroatoms. The molecule has 1 atom stereocenters. The Morgan fingerprint density at radius 3 is 2.53 bits per heavy atom. The Bertz CT molecular complexity index is 513. The third-order valence-electron chi connectivity index (χ3n) is 3.77. The molecular weight excluding hydrogens is 266 g/mol. The fourth-order valence-electron chi connectivity index (χ4n) is 2.81. The van der Waals surface area contributed by atoms with E-state index in [4.69, 9.17) is 10.3 Å². The Morgan fingerprint density at radius 2 is 2.05 bits per heavy atom. The molecule has 1 fully saturated rings. The van der Waals surface area contributed by atoms with E-state index in [0.29, 0.717) is 23.9 Å². The minimum atomic E-state index is -3.61. The SMILES string of the molecule is Cc1noc(C)c1S(=O)(=O)NC(CN)C1CCCC1. The summed E-state index contributed by atoms with van der Waals surface area (Å²) in [6.07, 6.45) is 4.36. The summed E-state index contributed by atoms with van der Waals surface area (Å²) in [5.74, 6) is 0.646. The summed E-state index contributed by atoms with van der Waals surface area (Å²) in [6, 6.07) is -0.207. The summed E-state index contributed by atoms with van der Waals surface area (Å²) < 4.78 is 32.4. The lowest BCUT2D eigenvalue weighted by Gasteiger charge is -2.22. The molecule has 0 bridgehead atoms. The van der Waals surface area contributed by atoms with Gasteiger partial charge < -0.3 is 10.3 Å². The van der Waals surface area contributed by atoms with Crippen molar-refractivity contribution in [2.75, 3.05) is 6.54 Å². The van der Waals surface area contributed by atoms with Gasteiger partial charge in [0.25, 0.3) is 0 Å². The van der Waals surface area contributed by atoms with Gasteiger partial charge in [0, 0.05) is 12.6 Å². The zero-order valence-electron chi connectivity index (χ0n) is 11.3. The van der Waals surface area contributed by atoms with Crippen LogP contribution in [0, 0.1) is 19.8 Å². The van der Waals surface area contributed by atoms with Crippen molar-refractivity contribution >= 4 is 10.0 Å². The second-order valence-electron chi connectivity index (χ2n) is 5.16. The summed E-state index contributed by atoms with van der Waals surface area (Å²) in [6.45, 7) is 3.53. The first-order valence-electron chi connectivity index (χ1n) is 6.61. The number of sulfonamides is 1. The second-order valence-corrected chi connectivity index (χ2v) is 6.81. The molecule has 3 N–H and O–H groups in total. The molecule has 6 nitrogen and oxygen atoms in total. The monoisotopic (exact) mass is 287 g/mol. The molecule has 1 aliphatic rings. The van der Waals surface area contributed by atoms with Crippen LogP contribution in [-0.4, -0.2) is 26.2 Å². The molecule has 19 heavy (non-hydrogen) atoms. The van der Waals surface area contributed by atoms with Gasteiger partial charge in [0.1, 0.15) is 10.6 Å². The lowest BCUT2D eigenvalue weighted by atomic mass is 9.99. The van der Waals surface area contributed by atoms with Crippen molar-refractivity contribution < 1.29 is 12.9 Å². The molecule has 1 heterocycles. The second kappa shape index (κ2) is 5.60. The van der Waals surface area contributed by atoms with Crippen LogP contribution in [0.1, 0.15) is 37.1 Å². The fourth-order valence-corrected chi connectivity index (χ4v) is 4.46. The number of nitrogens with zero attached hydrogens (tertiary/aromatic N) is 1. The van der Waals surface area contributed by atoms with E-state index in [2.05, 4.69) is 9.88 Å². The molecule has 0 aliphatic heterocycles. The standard InChI is InChI=1S/C12H21N3O3S/c1-8-12(9(2)18-14-8)19(16,17)15-11(7-13)10-5-3-4-6-10/h10-11,15H,3-7,13H2,1-2H3. The number of nitrogens with two attached hydrogens (primary N) is 1. The topological polar surface area (TPSA) is 98.2 Å². The quantitative estimate of drug-likeness (QED) is 0.844. The Morgan fingerprint density at radius 1 is 1.42 bits per heavy atom. The lowest BCUT2D eigenvalue weighted by molar-refractivity contribution is 0.389. The van der Waals surface area contributed by atoms with Crippen LogP contribution in [0.3, 0.4) is 0 Å². The first kappa shape index (κ1) is 14.5. The Kier molecular flexibility index (Phi) is 4.27. The van der Waals surface area contributed by atoms with Crippen molar-refractivity contribution in [3.63, 3.8) is 0 Å². The van der Waals surface area contributed by atoms with Crippen LogP contribution in [0.5, 0.6) is 0 Å². The molecule has 0 radical (unpaired) electrons. The summed E-state index contributed by atoms with van der Waals surface area (Å²) in [5.41, 5.74) is 6.10. The van der Waals surface area contributed by atoms with Gasteiger partial charge in [0.05, 0.1) is 0 Å². The summed E-state index contributed by atoms with van der Waals surface area (Å²) in [7, 11) is -3.61. The van der Waals surface area contributed by atoms with Crippen molar-refractivity contribution in [1.29, 1.82) is 0 Å². The van der Waals surface area contributed by atoms with E-state index in [1.54, 1.807) is 13.8 Å². The number of rotatable bonds is 5. The van der Waals surface area contributed by atoms with E-state index in [1.807, 2.05) is 0 Å². The van der Waals surface area contributed by atoms with Gasteiger partial charge in [0.2, 0.25) is 10.0 Å². The van der Waals surface area contributed by atoms with Gasteiger partial charge in [-0.2, -0.15) is 0 Å². The third kappa shape index (κ3) is 2.98. The van der Waals surface area contributed by atoms with Gasteiger partial charge in [-0.05, 0) is 32.6 Å². The van der Waals surface area contributed by atoms with Gasteiger partial charge in [0.15, 0.2) is 5.76 Å². The first-order valence-corrected chi connectivity index (χ1v) is 8.09. The van der Waals surface area contributed by atoms with Gasteiger partial charge in [-0.3, -0.25) is 0 Å². The maximum Gasteiger partial charge on any atom is 0.246 e. The van der Waals surface area contributed by atoms with Crippen LogP contribution in [-0.2, 0) is 10.0 Å². The van der Waals surface area contributed by atoms with E-state index in [9.17, 15) is 8.42 Å². The van der Waals surface area contributed by atoms with Crippen molar-refractivity contribution in [3.8, 4) is 0 Å². The van der Waals surface area contributed by atoms with Crippen LogP contribution >= 0.6 is 0 Å². The summed E-state index contributed by atoms with van der Waals surface area (Å²) in [5, 5.41) is 3.69. The Hall–Kier alpha value is -0.920. The first-order chi connectivity index (χ1) is 8.95. The molecule has 1 aliphatic carbocycles. The predicted molar refractivity (Wildman–Crippen MR) is 71.1 cm³/mol. The van der Waals surface area contributed by atoms with Crippen molar-refractivity contribution in [2.24, 2.45) is 11.7 Å². The van der Waals surface area contributed by atoms with Crippen molar-refractivity contribution in [3.05, 3.63) is 11.5 Å². The molecule has 2 rings (SSSR count). The molecule has 0 aromatic carbocycles. The molecule has 108 valence electrons. The van der Waals surface area contributed by atoms with Gasteiger partial charge >= 0.3 is 0 Å². The maximum absolute atomic E-state index is 12.4. The third-order valence-corrected chi connectivity index (χ3v) is 5.50. The number of aryl methyl sites for hydroxylation is 2. The highest BCUT2D eigenvalue weighted by Crippen LogP contribution is 2.28. The number of hydrogen-bond acceptors (Lipinski definition) is 5. The van der Waals surface area contributed by atoms with Gasteiger partial charge in [-0.1, -0.05) is 18.0 Å². The molecule has 1 aromatic rings. The zero-order valence-corrected chi connectivity index (χ0v) is 12.2. The molecule has 0 saturated heterocycles. The van der Waals surface area contributed by atoms with Crippen LogP contribution in [0.15, 0.2) is 9.42 Å². The van der Waals surface area contributed by atoms with Crippen LogP contribution in [0.25, 0.3) is 0 Å². The van der Waals surface area contributed by atoms with Crippen LogP contribution < -0.4 is 10.5 Å². The summed E-state index contributed by atoms with van der Waals surface area (Å²) in [4.78, 5) is 0.143. The van der Waals surface area contributed by atoms with Crippen LogP contribution in [0.4, 0.5) is 0 Å². The van der Waals surface area contributed by atoms with Crippen LogP contribution in [0.2, 0.25) is 0 Å². The molecule has 1 saturated carbocycles.